The van der Waals surface area contributed by atoms with Gasteiger partial charge in [-0.25, -0.2) is 0 Å². The van der Waals surface area contributed by atoms with Gasteiger partial charge in [0, 0.05) is 5.69 Å². The van der Waals surface area contributed by atoms with Crippen molar-refractivity contribution in [1.82, 2.24) is 0 Å². The molecule has 0 heterocycles. The normalized spacial score (nSPS) is 10.2. The van der Waals surface area contributed by atoms with E-state index in [0.29, 0.717) is 6.61 Å². The maximum atomic E-state index is 6.01. The van der Waals surface area contributed by atoms with Gasteiger partial charge in [0.2, 0.25) is 0 Å². The second-order valence-electron chi connectivity index (χ2n) is 5.26. The summed E-state index contributed by atoms with van der Waals surface area (Å²) in [6, 6.07) is 26.5. The minimum atomic E-state index is 0.563. The molecule has 0 aliphatic rings. The molecular formula is C20H19NO. The average Bonchev–Trinajstić information content (AvgIpc) is 2.57. The lowest BCUT2D eigenvalue weighted by Gasteiger charge is -2.14. The Bertz CT molecular complexity index is 723. The van der Waals surface area contributed by atoms with Crippen molar-refractivity contribution in [3.63, 3.8) is 0 Å². The highest BCUT2D eigenvalue weighted by Gasteiger charge is 2.05. The molecule has 0 radical (unpaired) electrons. The first kappa shape index (κ1) is 14.2. The molecule has 0 saturated heterocycles. The number of para-hydroxylation sites is 1. The molecule has 2 nitrogen and oxygen atoms in total. The highest BCUT2D eigenvalue weighted by atomic mass is 16.5. The van der Waals surface area contributed by atoms with E-state index in [0.717, 1.165) is 22.7 Å². The molecule has 0 aliphatic heterocycles. The Hall–Kier alpha value is -2.74. The molecular weight excluding hydrogens is 270 g/mol. The van der Waals surface area contributed by atoms with Crippen LogP contribution in [0.25, 0.3) is 0 Å². The second-order valence-corrected chi connectivity index (χ2v) is 5.26. The van der Waals surface area contributed by atoms with Gasteiger partial charge < -0.3 is 10.1 Å². The van der Waals surface area contributed by atoms with E-state index in [1.165, 1.54) is 5.56 Å². The van der Waals surface area contributed by atoms with Crippen molar-refractivity contribution < 1.29 is 4.74 Å². The summed E-state index contributed by atoms with van der Waals surface area (Å²) in [5, 5.41) is 3.41. The van der Waals surface area contributed by atoms with Crippen LogP contribution in [-0.2, 0) is 6.61 Å². The minimum absolute atomic E-state index is 0.563. The SMILES string of the molecule is Cc1ccc(Nc2ccccc2)c(OCc2ccccc2)c1. The van der Waals surface area contributed by atoms with E-state index < -0.39 is 0 Å². The molecule has 0 unspecified atom stereocenters. The van der Waals surface area contributed by atoms with Gasteiger partial charge in [0.25, 0.3) is 0 Å². The summed E-state index contributed by atoms with van der Waals surface area (Å²) in [4.78, 5) is 0. The fourth-order valence-electron chi connectivity index (χ4n) is 2.26. The molecule has 3 aromatic carbocycles. The van der Waals surface area contributed by atoms with E-state index >= 15 is 0 Å². The van der Waals surface area contributed by atoms with Gasteiger partial charge in [-0.3, -0.25) is 0 Å². The number of ether oxygens (including phenoxy) is 1. The Kier molecular flexibility index (Phi) is 4.40. The third kappa shape index (κ3) is 3.67. The second kappa shape index (κ2) is 6.81. The maximum Gasteiger partial charge on any atom is 0.143 e. The van der Waals surface area contributed by atoms with Crippen LogP contribution in [0.3, 0.4) is 0 Å². The summed E-state index contributed by atoms with van der Waals surface area (Å²) in [5.74, 6) is 0.868. The fourth-order valence-corrected chi connectivity index (χ4v) is 2.26. The van der Waals surface area contributed by atoms with E-state index in [4.69, 9.17) is 4.74 Å². The molecule has 0 atom stereocenters. The van der Waals surface area contributed by atoms with Gasteiger partial charge in [-0.2, -0.15) is 0 Å². The standard InChI is InChI=1S/C20H19NO/c1-16-12-13-19(21-18-10-6-3-7-11-18)20(14-16)22-15-17-8-4-2-5-9-17/h2-14,21H,15H2,1H3. The predicted molar refractivity (Wildman–Crippen MR) is 91.7 cm³/mol. The van der Waals surface area contributed by atoms with Crippen LogP contribution in [-0.4, -0.2) is 0 Å². The number of hydrogen-bond donors (Lipinski definition) is 1. The van der Waals surface area contributed by atoms with Gasteiger partial charge in [0.1, 0.15) is 12.4 Å². The molecule has 0 bridgehead atoms. The molecule has 1 N–H and O–H groups in total. The highest BCUT2D eigenvalue weighted by Crippen LogP contribution is 2.29. The smallest absolute Gasteiger partial charge is 0.143 e. The van der Waals surface area contributed by atoms with Crippen molar-refractivity contribution in [1.29, 1.82) is 0 Å². The van der Waals surface area contributed by atoms with E-state index in [1.54, 1.807) is 0 Å². The fraction of sp³-hybridized carbons (Fsp3) is 0.100. The number of rotatable bonds is 5. The lowest BCUT2D eigenvalue weighted by atomic mass is 10.2. The molecule has 0 saturated carbocycles. The summed E-state index contributed by atoms with van der Waals surface area (Å²) < 4.78 is 6.01. The summed E-state index contributed by atoms with van der Waals surface area (Å²) in [5.41, 5.74) is 4.37. The van der Waals surface area contributed by atoms with E-state index in [2.05, 4.69) is 42.6 Å². The number of anilines is 2. The van der Waals surface area contributed by atoms with Gasteiger partial charge in [0.05, 0.1) is 5.69 Å². The third-order valence-electron chi connectivity index (χ3n) is 3.43. The first-order valence-electron chi connectivity index (χ1n) is 7.41. The predicted octanol–water partition coefficient (Wildman–Crippen LogP) is 5.32. The minimum Gasteiger partial charge on any atom is -0.487 e. The average molecular weight is 289 g/mol. The summed E-state index contributed by atoms with van der Waals surface area (Å²) in [6.45, 7) is 2.63. The monoisotopic (exact) mass is 289 g/mol. The quantitative estimate of drug-likeness (QED) is 0.686. The maximum absolute atomic E-state index is 6.01. The van der Waals surface area contributed by atoms with Crippen LogP contribution in [0.2, 0.25) is 0 Å². The van der Waals surface area contributed by atoms with Crippen molar-refractivity contribution in [2.75, 3.05) is 5.32 Å². The molecule has 0 spiro atoms. The Balaban J connectivity index is 1.79. The van der Waals surface area contributed by atoms with Crippen LogP contribution < -0.4 is 10.1 Å². The zero-order valence-electron chi connectivity index (χ0n) is 12.6. The third-order valence-corrected chi connectivity index (χ3v) is 3.43. The first-order chi connectivity index (χ1) is 10.8. The molecule has 0 aromatic heterocycles. The summed E-state index contributed by atoms with van der Waals surface area (Å²) >= 11 is 0. The van der Waals surface area contributed by atoms with Crippen molar-refractivity contribution in [3.05, 3.63) is 90.0 Å². The molecule has 3 rings (SSSR count). The van der Waals surface area contributed by atoms with Crippen LogP contribution in [0.15, 0.2) is 78.9 Å². The molecule has 0 aliphatic carbocycles. The van der Waals surface area contributed by atoms with Crippen LogP contribution in [0.5, 0.6) is 5.75 Å². The number of nitrogens with one attached hydrogen (secondary N) is 1. The lowest BCUT2D eigenvalue weighted by molar-refractivity contribution is 0.307. The van der Waals surface area contributed by atoms with Gasteiger partial charge >= 0.3 is 0 Å². The Morgan fingerprint density at radius 3 is 2.23 bits per heavy atom. The summed E-state index contributed by atoms with van der Waals surface area (Å²) in [7, 11) is 0. The van der Waals surface area contributed by atoms with Crippen LogP contribution in [0, 0.1) is 6.92 Å². The van der Waals surface area contributed by atoms with Crippen molar-refractivity contribution in [2.45, 2.75) is 13.5 Å². The van der Waals surface area contributed by atoms with E-state index in [-0.39, 0.29) is 0 Å². The molecule has 110 valence electrons. The first-order valence-corrected chi connectivity index (χ1v) is 7.41. The highest BCUT2D eigenvalue weighted by molar-refractivity contribution is 5.66. The number of hydrogen-bond acceptors (Lipinski definition) is 2. The Morgan fingerprint density at radius 2 is 1.50 bits per heavy atom. The van der Waals surface area contributed by atoms with Crippen molar-refractivity contribution in [3.8, 4) is 5.75 Å². The Labute approximate surface area is 131 Å². The van der Waals surface area contributed by atoms with Crippen molar-refractivity contribution >= 4 is 11.4 Å². The van der Waals surface area contributed by atoms with Gasteiger partial charge in [-0.15, -0.1) is 0 Å². The van der Waals surface area contributed by atoms with Crippen LogP contribution in [0.1, 0.15) is 11.1 Å². The van der Waals surface area contributed by atoms with E-state index in [9.17, 15) is 0 Å². The molecule has 0 amide bonds. The zero-order valence-corrected chi connectivity index (χ0v) is 12.6. The van der Waals surface area contributed by atoms with Crippen molar-refractivity contribution in [2.24, 2.45) is 0 Å². The summed E-state index contributed by atoms with van der Waals surface area (Å²) in [6.07, 6.45) is 0. The molecule has 22 heavy (non-hydrogen) atoms. The van der Waals surface area contributed by atoms with Crippen LogP contribution >= 0.6 is 0 Å². The van der Waals surface area contributed by atoms with E-state index in [1.807, 2.05) is 48.5 Å². The van der Waals surface area contributed by atoms with Gasteiger partial charge in [0.15, 0.2) is 0 Å². The molecule has 2 heteroatoms. The topological polar surface area (TPSA) is 21.3 Å². The van der Waals surface area contributed by atoms with Crippen LogP contribution in [0.4, 0.5) is 11.4 Å². The number of benzene rings is 3. The number of aryl methyl sites for hydroxylation is 1. The largest absolute Gasteiger partial charge is 0.487 e. The zero-order chi connectivity index (χ0) is 15.2. The van der Waals surface area contributed by atoms with Gasteiger partial charge in [-0.05, 0) is 42.3 Å². The Morgan fingerprint density at radius 1 is 0.818 bits per heavy atom. The van der Waals surface area contributed by atoms with Gasteiger partial charge in [-0.1, -0.05) is 54.6 Å². The molecule has 3 aromatic rings. The lowest BCUT2D eigenvalue weighted by Crippen LogP contribution is -1.99. The molecule has 0 fully saturated rings.